The van der Waals surface area contributed by atoms with E-state index in [4.69, 9.17) is 4.74 Å². The molecule has 0 saturated heterocycles. The van der Waals surface area contributed by atoms with Gasteiger partial charge in [-0.1, -0.05) is 32.0 Å². The lowest BCUT2D eigenvalue weighted by atomic mass is 10.1. The summed E-state index contributed by atoms with van der Waals surface area (Å²) in [4.78, 5) is 11.3. The zero-order valence-electron chi connectivity index (χ0n) is 9.90. The Morgan fingerprint density at radius 2 is 2.00 bits per heavy atom. The molecule has 1 aromatic rings. The Hall–Kier alpha value is -1.51. The Bertz CT molecular complexity index is 309. The van der Waals surface area contributed by atoms with Crippen molar-refractivity contribution in [3.8, 4) is 5.75 Å². The Morgan fingerprint density at radius 1 is 1.31 bits per heavy atom. The maximum atomic E-state index is 11.3. The molecule has 1 rings (SSSR count). The molecule has 0 fully saturated rings. The molecule has 0 aliphatic carbocycles. The number of hydrogen-bond acceptors (Lipinski definition) is 2. The van der Waals surface area contributed by atoms with Gasteiger partial charge in [0.1, 0.15) is 12.4 Å². The molecule has 0 heterocycles. The molecule has 0 unspecified atom stereocenters. The molecule has 1 aromatic carbocycles. The van der Waals surface area contributed by atoms with Gasteiger partial charge < -0.3 is 10.1 Å². The third-order valence-corrected chi connectivity index (χ3v) is 2.03. The zero-order chi connectivity index (χ0) is 11.8. The van der Waals surface area contributed by atoms with E-state index in [1.54, 1.807) is 0 Å². The van der Waals surface area contributed by atoms with Crippen molar-refractivity contribution in [1.82, 2.24) is 5.32 Å². The predicted octanol–water partition coefficient (Wildman–Crippen LogP) is 2.23. The van der Waals surface area contributed by atoms with Crippen LogP contribution in [0.15, 0.2) is 30.3 Å². The molecule has 0 spiro atoms. The first-order valence-electron chi connectivity index (χ1n) is 5.63. The van der Waals surface area contributed by atoms with E-state index in [0.29, 0.717) is 25.5 Å². The van der Waals surface area contributed by atoms with E-state index in [-0.39, 0.29) is 5.91 Å². The topological polar surface area (TPSA) is 38.3 Å². The van der Waals surface area contributed by atoms with E-state index in [9.17, 15) is 4.79 Å². The van der Waals surface area contributed by atoms with Gasteiger partial charge in [0, 0.05) is 6.42 Å². The van der Waals surface area contributed by atoms with Crippen LogP contribution in [0.1, 0.15) is 20.3 Å². The molecule has 0 bridgehead atoms. The molecule has 0 aliphatic rings. The van der Waals surface area contributed by atoms with Crippen LogP contribution in [0.5, 0.6) is 5.75 Å². The summed E-state index contributed by atoms with van der Waals surface area (Å²) in [5.41, 5.74) is 0. The second kappa shape index (κ2) is 6.88. The average molecular weight is 221 g/mol. The fourth-order valence-electron chi connectivity index (χ4n) is 1.32. The minimum atomic E-state index is 0.0895. The number of hydrogen-bond donors (Lipinski definition) is 1. The minimum absolute atomic E-state index is 0.0895. The molecule has 1 N–H and O–H groups in total. The van der Waals surface area contributed by atoms with Gasteiger partial charge in [-0.2, -0.15) is 0 Å². The van der Waals surface area contributed by atoms with Gasteiger partial charge in [-0.3, -0.25) is 4.79 Å². The molecule has 0 aromatic heterocycles. The van der Waals surface area contributed by atoms with Gasteiger partial charge in [0.2, 0.25) is 5.91 Å². The van der Waals surface area contributed by atoms with Crippen LogP contribution in [0.25, 0.3) is 0 Å². The SMILES string of the molecule is CC(C)CC(=O)NCCOc1ccccc1. The van der Waals surface area contributed by atoms with Crippen LogP contribution in [-0.4, -0.2) is 19.1 Å². The third kappa shape index (κ3) is 5.39. The van der Waals surface area contributed by atoms with Crippen molar-refractivity contribution in [3.05, 3.63) is 30.3 Å². The molecule has 0 aliphatic heterocycles. The standard InChI is InChI=1S/C13H19NO2/c1-11(2)10-13(15)14-8-9-16-12-6-4-3-5-7-12/h3-7,11H,8-10H2,1-2H3,(H,14,15). The number of rotatable bonds is 6. The van der Waals surface area contributed by atoms with Crippen molar-refractivity contribution in [1.29, 1.82) is 0 Å². The second-order valence-electron chi connectivity index (χ2n) is 4.11. The summed E-state index contributed by atoms with van der Waals surface area (Å²) in [5, 5.41) is 2.82. The average Bonchev–Trinajstić information content (AvgIpc) is 2.25. The molecule has 3 heteroatoms. The molecule has 0 atom stereocenters. The summed E-state index contributed by atoms with van der Waals surface area (Å²) < 4.78 is 5.45. The van der Waals surface area contributed by atoms with E-state index >= 15 is 0 Å². The van der Waals surface area contributed by atoms with Crippen molar-refractivity contribution in [2.45, 2.75) is 20.3 Å². The van der Waals surface area contributed by atoms with Crippen LogP contribution >= 0.6 is 0 Å². The van der Waals surface area contributed by atoms with E-state index in [2.05, 4.69) is 5.32 Å². The Balaban J connectivity index is 2.10. The number of ether oxygens (including phenoxy) is 1. The number of benzene rings is 1. The maximum Gasteiger partial charge on any atom is 0.220 e. The van der Waals surface area contributed by atoms with Crippen LogP contribution < -0.4 is 10.1 Å². The van der Waals surface area contributed by atoms with Crippen LogP contribution in [0.3, 0.4) is 0 Å². The van der Waals surface area contributed by atoms with E-state index in [1.807, 2.05) is 44.2 Å². The second-order valence-corrected chi connectivity index (χ2v) is 4.11. The largest absolute Gasteiger partial charge is 0.492 e. The Labute approximate surface area is 96.8 Å². The number of amides is 1. The quantitative estimate of drug-likeness (QED) is 0.748. The highest BCUT2D eigenvalue weighted by molar-refractivity contribution is 5.75. The first kappa shape index (κ1) is 12.6. The molecular weight excluding hydrogens is 202 g/mol. The van der Waals surface area contributed by atoms with Crippen LogP contribution in [0.4, 0.5) is 0 Å². The van der Waals surface area contributed by atoms with Crippen LogP contribution in [-0.2, 0) is 4.79 Å². The van der Waals surface area contributed by atoms with Crippen LogP contribution in [0, 0.1) is 5.92 Å². The summed E-state index contributed by atoms with van der Waals surface area (Å²) in [5.74, 6) is 1.32. The number of para-hydroxylation sites is 1. The van der Waals surface area contributed by atoms with Gasteiger partial charge >= 0.3 is 0 Å². The van der Waals surface area contributed by atoms with Gasteiger partial charge in [-0.05, 0) is 18.1 Å². The molecule has 16 heavy (non-hydrogen) atoms. The van der Waals surface area contributed by atoms with Crippen molar-refractivity contribution < 1.29 is 9.53 Å². The van der Waals surface area contributed by atoms with Crippen molar-refractivity contribution in [2.75, 3.05) is 13.2 Å². The Morgan fingerprint density at radius 3 is 2.62 bits per heavy atom. The number of carbonyl (C=O) groups excluding carboxylic acids is 1. The lowest BCUT2D eigenvalue weighted by molar-refractivity contribution is -0.121. The summed E-state index contributed by atoms with van der Waals surface area (Å²) in [7, 11) is 0. The van der Waals surface area contributed by atoms with Crippen molar-refractivity contribution >= 4 is 5.91 Å². The van der Waals surface area contributed by atoms with Crippen LogP contribution in [0.2, 0.25) is 0 Å². The molecule has 88 valence electrons. The Kier molecular flexibility index (Phi) is 5.40. The third-order valence-electron chi connectivity index (χ3n) is 2.03. The van der Waals surface area contributed by atoms with E-state index in [0.717, 1.165) is 5.75 Å². The smallest absolute Gasteiger partial charge is 0.220 e. The highest BCUT2D eigenvalue weighted by Crippen LogP contribution is 2.07. The normalized spacial score (nSPS) is 10.2. The fourth-order valence-corrected chi connectivity index (χ4v) is 1.32. The first-order chi connectivity index (χ1) is 7.68. The molecule has 3 nitrogen and oxygen atoms in total. The number of carbonyl (C=O) groups is 1. The van der Waals surface area contributed by atoms with E-state index < -0.39 is 0 Å². The molecule has 1 amide bonds. The number of nitrogens with one attached hydrogen (secondary N) is 1. The van der Waals surface area contributed by atoms with Gasteiger partial charge in [0.15, 0.2) is 0 Å². The maximum absolute atomic E-state index is 11.3. The fraction of sp³-hybridized carbons (Fsp3) is 0.462. The highest BCUT2D eigenvalue weighted by Gasteiger charge is 2.03. The predicted molar refractivity (Wildman–Crippen MR) is 64.4 cm³/mol. The van der Waals surface area contributed by atoms with E-state index in [1.165, 1.54) is 0 Å². The lowest BCUT2D eigenvalue weighted by Gasteiger charge is -2.08. The highest BCUT2D eigenvalue weighted by atomic mass is 16.5. The van der Waals surface area contributed by atoms with Gasteiger partial charge in [0.05, 0.1) is 6.54 Å². The lowest BCUT2D eigenvalue weighted by Crippen LogP contribution is -2.28. The van der Waals surface area contributed by atoms with Crippen molar-refractivity contribution in [2.24, 2.45) is 5.92 Å². The summed E-state index contributed by atoms with van der Waals surface area (Å²) >= 11 is 0. The first-order valence-corrected chi connectivity index (χ1v) is 5.63. The molecular formula is C13H19NO2. The van der Waals surface area contributed by atoms with Gasteiger partial charge in [0.25, 0.3) is 0 Å². The molecule has 0 saturated carbocycles. The zero-order valence-corrected chi connectivity index (χ0v) is 9.90. The summed E-state index contributed by atoms with van der Waals surface area (Å²) in [6.45, 7) is 5.12. The van der Waals surface area contributed by atoms with Gasteiger partial charge in [-0.15, -0.1) is 0 Å². The van der Waals surface area contributed by atoms with Crippen molar-refractivity contribution in [3.63, 3.8) is 0 Å². The summed E-state index contributed by atoms with van der Waals surface area (Å²) in [6.07, 6.45) is 0.575. The minimum Gasteiger partial charge on any atom is -0.492 e. The molecule has 0 radical (unpaired) electrons. The summed E-state index contributed by atoms with van der Waals surface area (Å²) in [6, 6.07) is 9.59. The monoisotopic (exact) mass is 221 g/mol. The van der Waals surface area contributed by atoms with Gasteiger partial charge in [-0.25, -0.2) is 0 Å².